The standard InChI is InChI=1S/C20H23NO3S.ClH/c1-21-15-9-11-16(21)17(12-10-15)24-19(22)20(23,18-8-5-13-25-18)14-6-3-2-4-7-14;/h2-8,13,15-17,23H,9-12H2,1H3;1H/t15-,16-,17+,20?;/m1./s1. The Kier molecular flexibility index (Phi) is 5.72. The number of piperidine rings is 1. The van der Waals surface area contributed by atoms with Crippen molar-refractivity contribution in [1.82, 2.24) is 4.90 Å². The van der Waals surface area contributed by atoms with Gasteiger partial charge in [-0.05, 0) is 44.2 Å². The predicted molar refractivity (Wildman–Crippen MR) is 105 cm³/mol. The first-order valence-electron chi connectivity index (χ1n) is 8.85. The Labute approximate surface area is 164 Å². The predicted octanol–water partition coefficient (Wildman–Crippen LogP) is 3.57. The van der Waals surface area contributed by atoms with Crippen molar-refractivity contribution in [3.8, 4) is 0 Å². The number of likely N-dealkylation sites (N-methyl/N-ethyl adjacent to an activating group) is 1. The highest BCUT2D eigenvalue weighted by Crippen LogP contribution is 2.39. The number of hydrogen-bond donors (Lipinski definition) is 1. The van der Waals surface area contributed by atoms with E-state index >= 15 is 0 Å². The van der Waals surface area contributed by atoms with Gasteiger partial charge in [-0.2, -0.15) is 0 Å². The largest absolute Gasteiger partial charge is 0.458 e. The molecular weight excluding hydrogens is 370 g/mol. The van der Waals surface area contributed by atoms with Gasteiger partial charge in [-0.15, -0.1) is 23.7 Å². The summed E-state index contributed by atoms with van der Waals surface area (Å²) in [4.78, 5) is 16.1. The molecule has 1 unspecified atom stereocenters. The second kappa shape index (κ2) is 7.69. The van der Waals surface area contributed by atoms with Gasteiger partial charge >= 0.3 is 5.97 Å². The molecule has 0 aliphatic carbocycles. The van der Waals surface area contributed by atoms with E-state index in [1.807, 2.05) is 29.6 Å². The number of nitrogens with zero attached hydrogens (tertiary/aromatic N) is 1. The van der Waals surface area contributed by atoms with Gasteiger partial charge in [-0.1, -0.05) is 36.4 Å². The van der Waals surface area contributed by atoms with Gasteiger partial charge in [0.2, 0.25) is 5.60 Å². The Hall–Kier alpha value is -1.40. The second-order valence-corrected chi connectivity index (χ2v) is 7.99. The zero-order chi connectivity index (χ0) is 17.4. The van der Waals surface area contributed by atoms with Gasteiger partial charge in [-0.3, -0.25) is 4.90 Å². The van der Waals surface area contributed by atoms with Crippen LogP contribution in [-0.4, -0.2) is 41.2 Å². The molecule has 0 amide bonds. The Bertz CT molecular complexity index is 739. The molecule has 1 aromatic heterocycles. The van der Waals surface area contributed by atoms with Crippen LogP contribution in [0.2, 0.25) is 0 Å². The smallest absolute Gasteiger partial charge is 0.348 e. The molecule has 2 aliphatic rings. The first-order valence-corrected chi connectivity index (χ1v) is 9.73. The van der Waals surface area contributed by atoms with Crippen molar-refractivity contribution in [2.24, 2.45) is 0 Å². The van der Waals surface area contributed by atoms with Gasteiger partial charge in [0, 0.05) is 17.6 Å². The van der Waals surface area contributed by atoms with Crippen LogP contribution in [0.3, 0.4) is 0 Å². The number of ether oxygens (including phenoxy) is 1. The number of halogens is 1. The number of carbonyl (C=O) groups is 1. The molecule has 2 aromatic rings. The van der Waals surface area contributed by atoms with Crippen LogP contribution in [0.25, 0.3) is 0 Å². The van der Waals surface area contributed by atoms with Crippen LogP contribution in [0.4, 0.5) is 0 Å². The Balaban J connectivity index is 0.00000196. The van der Waals surface area contributed by atoms with Crippen LogP contribution in [-0.2, 0) is 15.1 Å². The minimum Gasteiger partial charge on any atom is -0.458 e. The molecule has 4 rings (SSSR count). The zero-order valence-electron chi connectivity index (χ0n) is 14.7. The summed E-state index contributed by atoms with van der Waals surface area (Å²) >= 11 is 1.37. The van der Waals surface area contributed by atoms with E-state index in [4.69, 9.17) is 4.74 Å². The van der Waals surface area contributed by atoms with Crippen molar-refractivity contribution in [1.29, 1.82) is 0 Å². The first kappa shape index (κ1) is 19.4. The summed E-state index contributed by atoms with van der Waals surface area (Å²) in [6.07, 6.45) is 4.01. The lowest BCUT2D eigenvalue weighted by Gasteiger charge is -2.38. The molecular formula is C20H24ClNO3S. The zero-order valence-corrected chi connectivity index (χ0v) is 16.3. The first-order chi connectivity index (χ1) is 12.1. The van der Waals surface area contributed by atoms with E-state index in [2.05, 4.69) is 11.9 Å². The van der Waals surface area contributed by atoms with E-state index in [9.17, 15) is 9.90 Å². The van der Waals surface area contributed by atoms with Gasteiger partial charge in [0.25, 0.3) is 0 Å². The van der Waals surface area contributed by atoms with Crippen LogP contribution < -0.4 is 0 Å². The van der Waals surface area contributed by atoms with E-state index in [1.165, 1.54) is 17.8 Å². The lowest BCUT2D eigenvalue weighted by molar-refractivity contribution is -0.172. The topological polar surface area (TPSA) is 49.8 Å². The number of rotatable bonds is 4. The SMILES string of the molecule is CN1[C@H]2CC[C@H](OC(=O)C(O)(c3ccccc3)c3cccs3)[C@H]1CC2.Cl. The summed E-state index contributed by atoms with van der Waals surface area (Å²) in [5.41, 5.74) is -1.19. The van der Waals surface area contributed by atoms with Crippen molar-refractivity contribution in [3.63, 3.8) is 0 Å². The van der Waals surface area contributed by atoms with Gasteiger partial charge in [0.05, 0.1) is 4.88 Å². The normalized spacial score (nSPS) is 27.4. The molecule has 26 heavy (non-hydrogen) atoms. The van der Waals surface area contributed by atoms with Crippen molar-refractivity contribution < 1.29 is 14.6 Å². The number of benzene rings is 1. The third-order valence-corrected chi connectivity index (χ3v) is 6.71. The molecule has 4 nitrogen and oxygen atoms in total. The molecule has 0 saturated carbocycles. The number of thiophene rings is 1. The van der Waals surface area contributed by atoms with Crippen LogP contribution >= 0.6 is 23.7 Å². The van der Waals surface area contributed by atoms with Gasteiger partial charge in [-0.25, -0.2) is 4.79 Å². The molecule has 1 aromatic carbocycles. The van der Waals surface area contributed by atoms with Crippen LogP contribution in [0.15, 0.2) is 47.8 Å². The minimum absolute atomic E-state index is 0. The van der Waals surface area contributed by atoms with Gasteiger partial charge in [0.15, 0.2) is 0 Å². The second-order valence-electron chi connectivity index (χ2n) is 7.04. The highest BCUT2D eigenvalue weighted by atomic mass is 35.5. The fourth-order valence-electron chi connectivity index (χ4n) is 4.27. The molecule has 2 fully saturated rings. The fourth-order valence-corrected chi connectivity index (χ4v) is 5.10. The molecule has 6 heteroatoms. The lowest BCUT2D eigenvalue weighted by Crippen LogP contribution is -2.49. The third-order valence-electron chi connectivity index (χ3n) is 5.73. The van der Waals surface area contributed by atoms with E-state index in [-0.39, 0.29) is 24.6 Å². The maximum Gasteiger partial charge on any atom is 0.348 e. The van der Waals surface area contributed by atoms with E-state index < -0.39 is 11.6 Å². The van der Waals surface area contributed by atoms with Crippen LogP contribution in [0, 0.1) is 0 Å². The average molecular weight is 394 g/mol. The summed E-state index contributed by atoms with van der Waals surface area (Å²) < 4.78 is 5.91. The summed E-state index contributed by atoms with van der Waals surface area (Å²) in [5, 5.41) is 13.3. The minimum atomic E-state index is -1.75. The van der Waals surface area contributed by atoms with E-state index in [0.717, 1.165) is 19.3 Å². The highest BCUT2D eigenvalue weighted by molar-refractivity contribution is 7.10. The number of fused-ring (bicyclic) bond motifs is 2. The molecule has 4 atom stereocenters. The van der Waals surface area contributed by atoms with Gasteiger partial charge < -0.3 is 9.84 Å². The summed E-state index contributed by atoms with van der Waals surface area (Å²) in [7, 11) is 2.12. The third kappa shape index (κ3) is 3.18. The fraction of sp³-hybridized carbons (Fsp3) is 0.450. The molecule has 2 saturated heterocycles. The molecule has 140 valence electrons. The number of aliphatic hydroxyl groups is 1. The molecule has 0 spiro atoms. The monoisotopic (exact) mass is 393 g/mol. The summed E-state index contributed by atoms with van der Waals surface area (Å²) in [6, 6.07) is 13.6. The summed E-state index contributed by atoms with van der Waals surface area (Å²) in [5.74, 6) is -0.565. The Morgan fingerprint density at radius 3 is 2.58 bits per heavy atom. The van der Waals surface area contributed by atoms with E-state index in [0.29, 0.717) is 16.5 Å². The molecule has 2 bridgehead atoms. The Morgan fingerprint density at radius 2 is 1.88 bits per heavy atom. The van der Waals surface area contributed by atoms with Crippen molar-refractivity contribution >= 4 is 29.7 Å². The average Bonchev–Trinajstić information content (AvgIpc) is 3.24. The number of esters is 1. The van der Waals surface area contributed by atoms with Crippen molar-refractivity contribution in [2.45, 2.75) is 49.5 Å². The maximum atomic E-state index is 13.1. The van der Waals surface area contributed by atoms with Crippen molar-refractivity contribution in [3.05, 3.63) is 58.3 Å². The van der Waals surface area contributed by atoms with Crippen LogP contribution in [0.5, 0.6) is 0 Å². The number of carbonyl (C=O) groups excluding carboxylic acids is 1. The Morgan fingerprint density at radius 1 is 1.15 bits per heavy atom. The molecule has 1 N–H and O–H groups in total. The maximum absolute atomic E-state index is 13.1. The lowest BCUT2D eigenvalue weighted by atomic mass is 9.91. The summed E-state index contributed by atoms with van der Waals surface area (Å²) in [6.45, 7) is 0. The van der Waals surface area contributed by atoms with Crippen molar-refractivity contribution in [2.75, 3.05) is 7.05 Å². The van der Waals surface area contributed by atoms with Crippen LogP contribution in [0.1, 0.15) is 36.1 Å². The highest BCUT2D eigenvalue weighted by Gasteiger charge is 2.47. The van der Waals surface area contributed by atoms with E-state index in [1.54, 1.807) is 18.2 Å². The molecule has 2 aliphatic heterocycles. The number of hydrogen-bond acceptors (Lipinski definition) is 5. The quantitative estimate of drug-likeness (QED) is 0.807. The van der Waals surface area contributed by atoms with Gasteiger partial charge in [0.1, 0.15) is 6.10 Å². The molecule has 0 radical (unpaired) electrons. The molecule has 3 heterocycles.